The molecule has 0 bridgehead atoms. The third kappa shape index (κ3) is 7.78. The van der Waals surface area contributed by atoms with Gasteiger partial charge in [0.1, 0.15) is 0 Å². The highest BCUT2D eigenvalue weighted by molar-refractivity contribution is 5.08. The van der Waals surface area contributed by atoms with Crippen molar-refractivity contribution in [2.75, 3.05) is 6.61 Å². The average Bonchev–Trinajstić information content (AvgIpc) is 2.41. The maximum absolute atomic E-state index is 5.63. The fraction of sp³-hybridized carbons (Fsp3) is 0.733. The van der Waals surface area contributed by atoms with E-state index in [1.165, 1.54) is 25.7 Å². The van der Waals surface area contributed by atoms with Gasteiger partial charge in [0.15, 0.2) is 0 Å². The van der Waals surface area contributed by atoms with E-state index in [4.69, 9.17) is 4.74 Å². The molecule has 0 fully saturated rings. The molecule has 1 aromatic heterocycles. The fourth-order valence-electron chi connectivity index (χ4n) is 1.73. The molecule has 19 heavy (non-hydrogen) atoms. The van der Waals surface area contributed by atoms with Crippen molar-refractivity contribution in [1.29, 1.82) is 0 Å². The summed E-state index contributed by atoms with van der Waals surface area (Å²) in [5, 5.41) is 3.32. The van der Waals surface area contributed by atoms with Crippen molar-refractivity contribution in [3.63, 3.8) is 0 Å². The minimum absolute atomic E-state index is 0.449. The number of hydrogen-bond acceptors (Lipinski definition) is 4. The van der Waals surface area contributed by atoms with Crippen molar-refractivity contribution in [3.8, 4) is 5.88 Å². The molecule has 108 valence electrons. The van der Waals surface area contributed by atoms with Crippen LogP contribution in [0.1, 0.15) is 58.6 Å². The van der Waals surface area contributed by atoms with Crippen LogP contribution >= 0.6 is 0 Å². The molecule has 0 aliphatic carbocycles. The van der Waals surface area contributed by atoms with Crippen molar-refractivity contribution in [3.05, 3.63) is 18.1 Å². The van der Waals surface area contributed by atoms with Crippen LogP contribution in [0.25, 0.3) is 0 Å². The maximum atomic E-state index is 5.63. The number of unbranched alkanes of at least 4 members (excludes halogenated alkanes) is 4. The van der Waals surface area contributed by atoms with E-state index in [9.17, 15) is 0 Å². The molecule has 0 unspecified atom stereocenters. The number of hydrogen-bond donors (Lipinski definition) is 1. The minimum atomic E-state index is 0.449. The Morgan fingerprint density at radius 2 is 1.95 bits per heavy atom. The number of aromatic nitrogens is 2. The zero-order chi connectivity index (χ0) is 13.9. The first-order chi connectivity index (χ1) is 9.22. The van der Waals surface area contributed by atoms with Gasteiger partial charge in [0, 0.05) is 18.8 Å². The Morgan fingerprint density at radius 3 is 2.68 bits per heavy atom. The summed E-state index contributed by atoms with van der Waals surface area (Å²) in [5.74, 6) is 0.638. The molecule has 4 nitrogen and oxygen atoms in total. The number of nitrogens with one attached hydrogen (secondary N) is 1. The van der Waals surface area contributed by atoms with E-state index in [1.54, 1.807) is 12.4 Å². The number of ether oxygens (including phenoxy) is 1. The molecule has 1 rings (SSSR count). The van der Waals surface area contributed by atoms with E-state index in [0.717, 1.165) is 25.3 Å². The molecule has 0 spiro atoms. The van der Waals surface area contributed by atoms with Crippen LogP contribution in [0, 0.1) is 0 Å². The van der Waals surface area contributed by atoms with Crippen LogP contribution in [0.4, 0.5) is 0 Å². The zero-order valence-electron chi connectivity index (χ0n) is 12.5. The highest BCUT2D eigenvalue weighted by Crippen LogP contribution is 2.07. The molecule has 0 aliphatic rings. The van der Waals surface area contributed by atoms with Crippen molar-refractivity contribution in [1.82, 2.24) is 15.3 Å². The van der Waals surface area contributed by atoms with Gasteiger partial charge in [0.2, 0.25) is 5.88 Å². The number of nitrogens with zero attached hydrogens (tertiary/aromatic N) is 2. The molecule has 1 heterocycles. The van der Waals surface area contributed by atoms with E-state index >= 15 is 0 Å². The first-order valence-corrected chi connectivity index (χ1v) is 7.39. The summed E-state index contributed by atoms with van der Waals surface area (Å²) in [4.78, 5) is 8.59. The van der Waals surface area contributed by atoms with Gasteiger partial charge in [-0.25, -0.2) is 4.98 Å². The largest absolute Gasteiger partial charge is 0.477 e. The SMILES string of the molecule is CCCCCCCOc1cncc(CNC(C)C)n1. The van der Waals surface area contributed by atoms with E-state index in [2.05, 4.69) is 36.1 Å². The Labute approximate surface area is 117 Å². The van der Waals surface area contributed by atoms with Crippen LogP contribution < -0.4 is 10.1 Å². The van der Waals surface area contributed by atoms with Gasteiger partial charge in [-0.15, -0.1) is 0 Å². The van der Waals surface area contributed by atoms with Crippen LogP contribution in [0.2, 0.25) is 0 Å². The summed E-state index contributed by atoms with van der Waals surface area (Å²) in [6, 6.07) is 0.449. The Hall–Kier alpha value is -1.16. The predicted octanol–water partition coefficient (Wildman–Crippen LogP) is 3.32. The third-order valence-electron chi connectivity index (χ3n) is 2.85. The van der Waals surface area contributed by atoms with Gasteiger partial charge in [0.05, 0.1) is 18.5 Å². The lowest BCUT2D eigenvalue weighted by Gasteiger charge is -2.09. The van der Waals surface area contributed by atoms with Crippen molar-refractivity contribution < 1.29 is 4.74 Å². The minimum Gasteiger partial charge on any atom is -0.477 e. The molecule has 0 saturated heterocycles. The monoisotopic (exact) mass is 265 g/mol. The fourth-order valence-corrected chi connectivity index (χ4v) is 1.73. The molecular formula is C15H27N3O. The Balaban J connectivity index is 2.24. The zero-order valence-corrected chi connectivity index (χ0v) is 12.5. The lowest BCUT2D eigenvalue weighted by molar-refractivity contribution is 0.291. The lowest BCUT2D eigenvalue weighted by Crippen LogP contribution is -2.22. The average molecular weight is 265 g/mol. The van der Waals surface area contributed by atoms with Gasteiger partial charge in [-0.2, -0.15) is 0 Å². The predicted molar refractivity (Wildman–Crippen MR) is 78.3 cm³/mol. The topological polar surface area (TPSA) is 47.0 Å². The second kappa shape index (κ2) is 9.73. The highest BCUT2D eigenvalue weighted by Gasteiger charge is 2.01. The molecule has 1 N–H and O–H groups in total. The first kappa shape index (κ1) is 15.9. The molecule has 1 aromatic rings. The number of rotatable bonds is 10. The molecule has 0 saturated carbocycles. The molecule has 0 aliphatic heterocycles. The van der Waals surface area contributed by atoms with Gasteiger partial charge in [-0.3, -0.25) is 4.98 Å². The van der Waals surface area contributed by atoms with Crippen LogP contribution in [0.3, 0.4) is 0 Å². The Morgan fingerprint density at radius 1 is 1.16 bits per heavy atom. The quantitative estimate of drug-likeness (QED) is 0.659. The van der Waals surface area contributed by atoms with E-state index < -0.39 is 0 Å². The molecule has 0 atom stereocenters. The van der Waals surface area contributed by atoms with Gasteiger partial charge >= 0.3 is 0 Å². The molecule has 0 radical (unpaired) electrons. The van der Waals surface area contributed by atoms with E-state index in [1.807, 2.05) is 0 Å². The van der Waals surface area contributed by atoms with Gasteiger partial charge < -0.3 is 10.1 Å². The van der Waals surface area contributed by atoms with Crippen LogP contribution in [-0.2, 0) is 6.54 Å². The summed E-state index contributed by atoms with van der Waals surface area (Å²) in [7, 11) is 0. The Bertz CT molecular complexity index is 342. The first-order valence-electron chi connectivity index (χ1n) is 7.39. The van der Waals surface area contributed by atoms with Gasteiger partial charge in [-0.05, 0) is 6.42 Å². The van der Waals surface area contributed by atoms with Crippen molar-refractivity contribution >= 4 is 0 Å². The summed E-state index contributed by atoms with van der Waals surface area (Å²) < 4.78 is 5.63. The second-order valence-electron chi connectivity index (χ2n) is 5.15. The Kier molecular flexibility index (Phi) is 8.14. The smallest absolute Gasteiger partial charge is 0.232 e. The highest BCUT2D eigenvalue weighted by atomic mass is 16.5. The van der Waals surface area contributed by atoms with Crippen LogP contribution in [-0.4, -0.2) is 22.6 Å². The summed E-state index contributed by atoms with van der Waals surface area (Å²) in [5.41, 5.74) is 0.928. The molecular weight excluding hydrogens is 238 g/mol. The summed E-state index contributed by atoms with van der Waals surface area (Å²) in [6.45, 7) is 7.93. The lowest BCUT2D eigenvalue weighted by atomic mass is 10.2. The molecule has 0 aromatic carbocycles. The standard InChI is InChI=1S/C15H27N3O/c1-4-5-6-7-8-9-19-15-12-16-10-14(18-15)11-17-13(2)3/h10,12-13,17H,4-9,11H2,1-3H3. The van der Waals surface area contributed by atoms with Crippen molar-refractivity contribution in [2.45, 2.75) is 65.5 Å². The van der Waals surface area contributed by atoms with Crippen LogP contribution in [0.5, 0.6) is 5.88 Å². The molecule has 0 amide bonds. The van der Waals surface area contributed by atoms with Gasteiger partial charge in [0.25, 0.3) is 0 Å². The van der Waals surface area contributed by atoms with E-state index in [-0.39, 0.29) is 0 Å². The molecule has 4 heteroatoms. The normalized spacial score (nSPS) is 10.9. The maximum Gasteiger partial charge on any atom is 0.232 e. The summed E-state index contributed by atoms with van der Waals surface area (Å²) in [6.07, 6.45) is 9.68. The third-order valence-corrected chi connectivity index (χ3v) is 2.85. The van der Waals surface area contributed by atoms with Crippen LogP contribution in [0.15, 0.2) is 12.4 Å². The second-order valence-corrected chi connectivity index (χ2v) is 5.15. The van der Waals surface area contributed by atoms with E-state index in [0.29, 0.717) is 11.9 Å². The van der Waals surface area contributed by atoms with Crippen molar-refractivity contribution in [2.24, 2.45) is 0 Å². The van der Waals surface area contributed by atoms with Gasteiger partial charge in [-0.1, -0.05) is 46.5 Å². The summed E-state index contributed by atoms with van der Waals surface area (Å²) >= 11 is 0.